The Morgan fingerprint density at radius 3 is 2.58 bits per heavy atom. The minimum Gasteiger partial charge on any atom is -0.492 e. The highest BCUT2D eigenvalue weighted by Gasteiger charge is 2.03. The number of hydrogen-bond acceptors (Lipinski definition) is 3. The van der Waals surface area contributed by atoms with Gasteiger partial charge in [0.1, 0.15) is 12.4 Å². The van der Waals surface area contributed by atoms with Gasteiger partial charge in [-0.3, -0.25) is 4.79 Å². The van der Waals surface area contributed by atoms with Crippen molar-refractivity contribution in [2.45, 2.75) is 11.3 Å². The molecule has 134 valence electrons. The standard InChI is InChI=1S/C21H20ClNO2S/c22-18-6-9-20(10-7-18)26-14-11-21(24)23-12-13-25-19-8-5-16-3-1-2-4-17(16)15-19/h1-10,15H,11-14H2,(H,23,24). The van der Waals surface area contributed by atoms with Crippen LogP contribution in [0.4, 0.5) is 0 Å². The molecule has 0 heterocycles. The molecule has 0 fully saturated rings. The number of nitrogens with one attached hydrogen (secondary N) is 1. The first-order chi connectivity index (χ1) is 12.7. The highest BCUT2D eigenvalue weighted by atomic mass is 35.5. The summed E-state index contributed by atoms with van der Waals surface area (Å²) in [4.78, 5) is 13.0. The van der Waals surface area contributed by atoms with Crippen LogP contribution in [0.1, 0.15) is 6.42 Å². The molecule has 3 aromatic carbocycles. The molecule has 1 N–H and O–H groups in total. The maximum atomic E-state index is 11.9. The van der Waals surface area contributed by atoms with E-state index in [2.05, 4.69) is 17.4 Å². The van der Waals surface area contributed by atoms with E-state index in [4.69, 9.17) is 16.3 Å². The first-order valence-electron chi connectivity index (χ1n) is 8.47. The number of amides is 1. The monoisotopic (exact) mass is 385 g/mol. The second kappa shape index (κ2) is 9.51. The van der Waals surface area contributed by atoms with E-state index in [1.165, 1.54) is 5.39 Å². The van der Waals surface area contributed by atoms with Gasteiger partial charge >= 0.3 is 0 Å². The van der Waals surface area contributed by atoms with Crippen LogP contribution in [0.2, 0.25) is 5.02 Å². The Kier molecular flexibility index (Phi) is 6.81. The van der Waals surface area contributed by atoms with Gasteiger partial charge in [0, 0.05) is 22.1 Å². The van der Waals surface area contributed by atoms with Crippen molar-refractivity contribution in [2.75, 3.05) is 18.9 Å². The smallest absolute Gasteiger partial charge is 0.220 e. The molecule has 0 radical (unpaired) electrons. The van der Waals surface area contributed by atoms with Crippen LogP contribution in [-0.2, 0) is 4.79 Å². The third kappa shape index (κ3) is 5.68. The van der Waals surface area contributed by atoms with Crippen molar-refractivity contribution in [1.29, 1.82) is 0 Å². The average Bonchev–Trinajstić information content (AvgIpc) is 2.67. The molecule has 0 saturated carbocycles. The number of hydrogen-bond donors (Lipinski definition) is 1. The van der Waals surface area contributed by atoms with Gasteiger partial charge in [0.05, 0.1) is 6.54 Å². The van der Waals surface area contributed by atoms with E-state index in [0.29, 0.717) is 19.6 Å². The zero-order chi connectivity index (χ0) is 18.2. The van der Waals surface area contributed by atoms with E-state index in [-0.39, 0.29) is 5.91 Å². The van der Waals surface area contributed by atoms with Gasteiger partial charge in [-0.2, -0.15) is 0 Å². The SMILES string of the molecule is O=C(CCSc1ccc(Cl)cc1)NCCOc1ccc2ccccc2c1. The fourth-order valence-corrected chi connectivity index (χ4v) is 3.47. The Bertz CT molecular complexity index is 867. The van der Waals surface area contributed by atoms with E-state index in [1.807, 2.05) is 54.6 Å². The van der Waals surface area contributed by atoms with E-state index in [9.17, 15) is 4.79 Å². The van der Waals surface area contributed by atoms with Crippen LogP contribution in [0.15, 0.2) is 71.6 Å². The lowest BCUT2D eigenvalue weighted by Gasteiger charge is -2.09. The van der Waals surface area contributed by atoms with E-state index in [1.54, 1.807) is 11.8 Å². The number of ether oxygens (including phenoxy) is 1. The molecule has 3 rings (SSSR count). The van der Waals surface area contributed by atoms with Crippen LogP contribution in [0.3, 0.4) is 0 Å². The molecule has 26 heavy (non-hydrogen) atoms. The van der Waals surface area contributed by atoms with Crippen LogP contribution in [0.5, 0.6) is 5.75 Å². The summed E-state index contributed by atoms with van der Waals surface area (Å²) in [5.41, 5.74) is 0. The third-order valence-corrected chi connectivity index (χ3v) is 5.09. The minimum atomic E-state index is 0.0357. The maximum Gasteiger partial charge on any atom is 0.220 e. The Hall–Kier alpha value is -2.17. The summed E-state index contributed by atoms with van der Waals surface area (Å²) in [6.07, 6.45) is 0.475. The summed E-state index contributed by atoms with van der Waals surface area (Å²) >= 11 is 7.50. The highest BCUT2D eigenvalue weighted by molar-refractivity contribution is 7.99. The lowest BCUT2D eigenvalue weighted by molar-refractivity contribution is -0.120. The van der Waals surface area contributed by atoms with Crippen molar-refractivity contribution in [3.05, 3.63) is 71.8 Å². The first-order valence-corrected chi connectivity index (χ1v) is 9.84. The van der Waals surface area contributed by atoms with E-state index in [0.717, 1.165) is 26.8 Å². The second-order valence-electron chi connectivity index (χ2n) is 5.76. The predicted octanol–water partition coefficient (Wildman–Crippen LogP) is 5.17. The van der Waals surface area contributed by atoms with Crippen molar-refractivity contribution in [1.82, 2.24) is 5.32 Å². The molecule has 5 heteroatoms. The Morgan fingerprint density at radius 2 is 1.77 bits per heavy atom. The van der Waals surface area contributed by atoms with Crippen molar-refractivity contribution < 1.29 is 9.53 Å². The average molecular weight is 386 g/mol. The number of halogens is 1. The Labute approximate surface area is 162 Å². The molecular weight excluding hydrogens is 366 g/mol. The van der Waals surface area contributed by atoms with Gasteiger partial charge in [-0.25, -0.2) is 0 Å². The van der Waals surface area contributed by atoms with Crippen molar-refractivity contribution in [3.63, 3.8) is 0 Å². The lowest BCUT2D eigenvalue weighted by atomic mass is 10.1. The molecule has 0 saturated heterocycles. The Balaban J connectivity index is 1.33. The topological polar surface area (TPSA) is 38.3 Å². The molecule has 0 spiro atoms. The van der Waals surface area contributed by atoms with Gasteiger partial charge in [-0.05, 0) is 47.2 Å². The molecule has 0 aliphatic heterocycles. The zero-order valence-corrected chi connectivity index (χ0v) is 15.9. The summed E-state index contributed by atoms with van der Waals surface area (Å²) in [5.74, 6) is 1.59. The molecule has 0 bridgehead atoms. The van der Waals surface area contributed by atoms with E-state index >= 15 is 0 Å². The van der Waals surface area contributed by atoms with Gasteiger partial charge in [-0.1, -0.05) is 41.9 Å². The summed E-state index contributed by atoms with van der Waals surface area (Å²) in [6, 6.07) is 21.8. The molecule has 0 unspecified atom stereocenters. The Morgan fingerprint density at radius 1 is 1.00 bits per heavy atom. The fourth-order valence-electron chi connectivity index (χ4n) is 2.50. The second-order valence-corrected chi connectivity index (χ2v) is 7.36. The van der Waals surface area contributed by atoms with Gasteiger partial charge in [0.2, 0.25) is 5.91 Å². The van der Waals surface area contributed by atoms with Gasteiger partial charge in [-0.15, -0.1) is 11.8 Å². The fraction of sp³-hybridized carbons (Fsp3) is 0.190. The van der Waals surface area contributed by atoms with Crippen LogP contribution >= 0.6 is 23.4 Å². The van der Waals surface area contributed by atoms with Gasteiger partial charge < -0.3 is 10.1 Å². The zero-order valence-electron chi connectivity index (χ0n) is 14.3. The highest BCUT2D eigenvalue weighted by Crippen LogP contribution is 2.21. The molecule has 0 atom stereocenters. The van der Waals surface area contributed by atoms with E-state index < -0.39 is 0 Å². The predicted molar refractivity (Wildman–Crippen MR) is 109 cm³/mol. The number of carbonyl (C=O) groups excluding carboxylic acids is 1. The van der Waals surface area contributed by atoms with Crippen molar-refractivity contribution in [2.24, 2.45) is 0 Å². The molecule has 3 nitrogen and oxygen atoms in total. The number of thioether (sulfide) groups is 1. The molecule has 1 amide bonds. The normalized spacial score (nSPS) is 10.7. The lowest BCUT2D eigenvalue weighted by Crippen LogP contribution is -2.28. The van der Waals surface area contributed by atoms with Crippen molar-refractivity contribution >= 4 is 40.0 Å². The molecule has 0 aliphatic carbocycles. The molecular formula is C21H20ClNO2S. The van der Waals surface area contributed by atoms with Gasteiger partial charge in [0.25, 0.3) is 0 Å². The number of fused-ring (bicyclic) bond motifs is 1. The quantitative estimate of drug-likeness (QED) is 0.429. The number of carbonyl (C=O) groups is 1. The maximum absolute atomic E-state index is 11.9. The van der Waals surface area contributed by atoms with Crippen LogP contribution < -0.4 is 10.1 Å². The summed E-state index contributed by atoms with van der Waals surface area (Å²) in [5, 5.41) is 5.94. The molecule has 3 aromatic rings. The molecule has 0 aromatic heterocycles. The first kappa shape index (κ1) is 18.6. The number of rotatable bonds is 8. The largest absolute Gasteiger partial charge is 0.492 e. The van der Waals surface area contributed by atoms with Crippen molar-refractivity contribution in [3.8, 4) is 5.75 Å². The number of benzene rings is 3. The van der Waals surface area contributed by atoms with Crippen LogP contribution in [0.25, 0.3) is 10.8 Å². The van der Waals surface area contributed by atoms with Crippen LogP contribution in [0, 0.1) is 0 Å². The third-order valence-electron chi connectivity index (χ3n) is 3.83. The summed E-state index contributed by atoms with van der Waals surface area (Å²) in [7, 11) is 0. The molecule has 0 aliphatic rings. The van der Waals surface area contributed by atoms with Crippen LogP contribution in [-0.4, -0.2) is 24.8 Å². The minimum absolute atomic E-state index is 0.0357. The van der Waals surface area contributed by atoms with Gasteiger partial charge in [0.15, 0.2) is 0 Å². The summed E-state index contributed by atoms with van der Waals surface area (Å²) in [6.45, 7) is 0.950. The summed E-state index contributed by atoms with van der Waals surface area (Å²) < 4.78 is 5.72.